The van der Waals surface area contributed by atoms with Crippen LogP contribution in [-0.4, -0.2) is 53.1 Å². The third-order valence-electron chi connectivity index (χ3n) is 3.38. The summed E-state index contributed by atoms with van der Waals surface area (Å²) in [5.74, 6) is 1.69. The molecule has 1 rings (SSSR count). The van der Waals surface area contributed by atoms with Crippen molar-refractivity contribution in [3.63, 3.8) is 0 Å². The Bertz CT molecular complexity index is 467. The molecule has 1 aromatic carbocycles. The molecular weight excluding hydrogens is 306 g/mol. The largest absolute Gasteiger partial charge is 0.496 e. The predicted molar refractivity (Wildman–Crippen MR) is 97.7 cm³/mol. The Kier molecular flexibility index (Phi) is 11.5. The van der Waals surface area contributed by atoms with Crippen molar-refractivity contribution in [1.29, 1.82) is 0 Å². The highest BCUT2D eigenvalue weighted by atomic mass is 16.5. The van der Waals surface area contributed by atoms with Crippen molar-refractivity contribution in [2.75, 3.05) is 47.1 Å². The fourth-order valence-corrected chi connectivity index (χ4v) is 2.12. The molecular formula is C18H31N3O3. The number of hydrogen-bond acceptors (Lipinski definition) is 4. The Hall–Kier alpha value is -1.79. The number of aliphatic imine (C=N–C) groups is 1. The molecule has 0 fully saturated rings. The number of guanidine groups is 1. The van der Waals surface area contributed by atoms with E-state index in [-0.39, 0.29) is 0 Å². The van der Waals surface area contributed by atoms with E-state index in [0.717, 1.165) is 49.8 Å². The molecule has 0 saturated heterocycles. The molecule has 0 amide bonds. The van der Waals surface area contributed by atoms with Crippen molar-refractivity contribution in [2.45, 2.75) is 26.3 Å². The molecule has 0 bridgehead atoms. The first-order valence-electron chi connectivity index (χ1n) is 8.52. The van der Waals surface area contributed by atoms with Gasteiger partial charge in [0.1, 0.15) is 5.75 Å². The zero-order chi connectivity index (χ0) is 17.5. The molecule has 1 aromatic rings. The second-order valence-electron chi connectivity index (χ2n) is 5.25. The molecule has 0 atom stereocenters. The van der Waals surface area contributed by atoms with E-state index < -0.39 is 0 Å². The van der Waals surface area contributed by atoms with Gasteiger partial charge in [-0.2, -0.15) is 0 Å². The van der Waals surface area contributed by atoms with Gasteiger partial charge < -0.3 is 24.8 Å². The summed E-state index contributed by atoms with van der Waals surface area (Å²) in [7, 11) is 3.36. The first kappa shape index (κ1) is 20.3. The zero-order valence-corrected chi connectivity index (χ0v) is 15.1. The molecule has 6 nitrogen and oxygen atoms in total. The summed E-state index contributed by atoms with van der Waals surface area (Å²) < 4.78 is 15.7. The zero-order valence-electron chi connectivity index (χ0n) is 15.1. The number of hydrogen-bond donors (Lipinski definition) is 2. The minimum atomic E-state index is 0.583. The van der Waals surface area contributed by atoms with Gasteiger partial charge in [-0.3, -0.25) is 0 Å². The van der Waals surface area contributed by atoms with Crippen LogP contribution in [0, 0.1) is 0 Å². The fourth-order valence-electron chi connectivity index (χ4n) is 2.12. The van der Waals surface area contributed by atoms with Crippen molar-refractivity contribution in [2.24, 2.45) is 4.99 Å². The normalized spacial score (nSPS) is 11.4. The smallest absolute Gasteiger partial charge is 0.191 e. The standard InChI is InChI=1S/C18H31N3O3/c1-4-19-18(20-11-7-8-12-24-14-13-22-2)21-15-16-9-5-6-10-17(16)23-3/h5-6,9-10H,4,7-8,11-15H2,1-3H3,(H2,19,20,21). The molecule has 6 heteroatoms. The van der Waals surface area contributed by atoms with Crippen LogP contribution in [-0.2, 0) is 16.0 Å². The highest BCUT2D eigenvalue weighted by Gasteiger charge is 2.02. The Labute approximate surface area is 145 Å². The highest BCUT2D eigenvalue weighted by Crippen LogP contribution is 2.17. The van der Waals surface area contributed by atoms with E-state index >= 15 is 0 Å². The molecule has 0 spiro atoms. The van der Waals surface area contributed by atoms with Gasteiger partial charge in [0, 0.05) is 32.4 Å². The van der Waals surface area contributed by atoms with Crippen LogP contribution < -0.4 is 15.4 Å². The molecule has 2 N–H and O–H groups in total. The summed E-state index contributed by atoms with van der Waals surface area (Å²) in [6.45, 7) is 6.41. The van der Waals surface area contributed by atoms with E-state index in [1.54, 1.807) is 14.2 Å². The van der Waals surface area contributed by atoms with E-state index in [9.17, 15) is 0 Å². The summed E-state index contributed by atoms with van der Waals surface area (Å²) in [6.07, 6.45) is 2.05. The number of nitrogens with zero attached hydrogens (tertiary/aromatic N) is 1. The SMILES string of the molecule is CCNC(=NCc1ccccc1OC)NCCCCOCCOC. The predicted octanol–water partition coefficient (Wildman–Crippen LogP) is 2.19. The Morgan fingerprint density at radius 1 is 1.04 bits per heavy atom. The summed E-state index contributed by atoms with van der Waals surface area (Å²) in [4.78, 5) is 4.62. The Balaban J connectivity index is 2.32. The average molecular weight is 337 g/mol. The molecule has 0 heterocycles. The van der Waals surface area contributed by atoms with Gasteiger partial charge in [-0.1, -0.05) is 18.2 Å². The van der Waals surface area contributed by atoms with Crippen molar-refractivity contribution in [1.82, 2.24) is 10.6 Å². The number of unbranched alkanes of at least 4 members (excludes halogenated alkanes) is 1. The lowest BCUT2D eigenvalue weighted by Gasteiger charge is -2.12. The highest BCUT2D eigenvalue weighted by molar-refractivity contribution is 5.79. The average Bonchev–Trinajstić information content (AvgIpc) is 2.62. The molecule has 0 radical (unpaired) electrons. The lowest BCUT2D eigenvalue weighted by molar-refractivity contribution is 0.0689. The van der Waals surface area contributed by atoms with Crippen LogP contribution in [0.4, 0.5) is 0 Å². The quantitative estimate of drug-likeness (QED) is 0.348. The Morgan fingerprint density at radius 3 is 2.62 bits per heavy atom. The number of benzene rings is 1. The lowest BCUT2D eigenvalue weighted by Crippen LogP contribution is -2.37. The van der Waals surface area contributed by atoms with E-state index in [4.69, 9.17) is 14.2 Å². The van der Waals surface area contributed by atoms with Gasteiger partial charge in [0.15, 0.2) is 5.96 Å². The van der Waals surface area contributed by atoms with Crippen molar-refractivity contribution < 1.29 is 14.2 Å². The summed E-state index contributed by atoms with van der Waals surface area (Å²) >= 11 is 0. The summed E-state index contributed by atoms with van der Waals surface area (Å²) in [5, 5.41) is 6.61. The summed E-state index contributed by atoms with van der Waals surface area (Å²) in [5.41, 5.74) is 1.07. The molecule has 0 aliphatic heterocycles. The number of nitrogens with one attached hydrogen (secondary N) is 2. The molecule has 0 unspecified atom stereocenters. The van der Waals surface area contributed by atoms with Gasteiger partial charge in [-0.15, -0.1) is 0 Å². The summed E-state index contributed by atoms with van der Waals surface area (Å²) in [6, 6.07) is 7.94. The number of para-hydroxylation sites is 1. The van der Waals surface area contributed by atoms with Gasteiger partial charge >= 0.3 is 0 Å². The second kappa shape index (κ2) is 13.6. The van der Waals surface area contributed by atoms with E-state index in [1.807, 2.05) is 24.3 Å². The van der Waals surface area contributed by atoms with Crippen LogP contribution in [0.1, 0.15) is 25.3 Å². The maximum Gasteiger partial charge on any atom is 0.191 e. The number of methoxy groups -OCH3 is 2. The third-order valence-corrected chi connectivity index (χ3v) is 3.38. The fraction of sp³-hybridized carbons (Fsp3) is 0.611. The third kappa shape index (κ3) is 8.74. The van der Waals surface area contributed by atoms with Gasteiger partial charge in [0.05, 0.1) is 26.9 Å². The van der Waals surface area contributed by atoms with E-state index in [1.165, 1.54) is 0 Å². The van der Waals surface area contributed by atoms with Gasteiger partial charge in [-0.05, 0) is 25.8 Å². The monoisotopic (exact) mass is 337 g/mol. The topological polar surface area (TPSA) is 64.1 Å². The van der Waals surface area contributed by atoms with Crippen molar-refractivity contribution >= 4 is 5.96 Å². The van der Waals surface area contributed by atoms with Gasteiger partial charge in [0.25, 0.3) is 0 Å². The van der Waals surface area contributed by atoms with Crippen molar-refractivity contribution in [3.8, 4) is 5.75 Å². The molecule has 136 valence electrons. The number of ether oxygens (including phenoxy) is 3. The Morgan fingerprint density at radius 2 is 1.88 bits per heavy atom. The first-order chi connectivity index (χ1) is 11.8. The lowest BCUT2D eigenvalue weighted by atomic mass is 10.2. The van der Waals surface area contributed by atoms with Crippen LogP contribution in [0.15, 0.2) is 29.3 Å². The molecule has 0 aromatic heterocycles. The second-order valence-corrected chi connectivity index (χ2v) is 5.25. The minimum Gasteiger partial charge on any atom is -0.496 e. The van der Waals surface area contributed by atoms with Crippen LogP contribution in [0.25, 0.3) is 0 Å². The molecule has 0 aliphatic carbocycles. The van der Waals surface area contributed by atoms with Crippen LogP contribution in [0.2, 0.25) is 0 Å². The van der Waals surface area contributed by atoms with Gasteiger partial charge in [-0.25, -0.2) is 4.99 Å². The van der Waals surface area contributed by atoms with E-state index in [0.29, 0.717) is 19.8 Å². The maximum atomic E-state index is 5.45. The van der Waals surface area contributed by atoms with Crippen molar-refractivity contribution in [3.05, 3.63) is 29.8 Å². The van der Waals surface area contributed by atoms with Crippen LogP contribution in [0.5, 0.6) is 5.75 Å². The van der Waals surface area contributed by atoms with E-state index in [2.05, 4.69) is 22.5 Å². The minimum absolute atomic E-state index is 0.583. The molecule has 0 aliphatic rings. The maximum absolute atomic E-state index is 5.45. The molecule has 24 heavy (non-hydrogen) atoms. The van der Waals surface area contributed by atoms with Crippen LogP contribution in [0.3, 0.4) is 0 Å². The molecule has 0 saturated carbocycles. The number of rotatable bonds is 12. The van der Waals surface area contributed by atoms with Gasteiger partial charge in [0.2, 0.25) is 0 Å². The van der Waals surface area contributed by atoms with Crippen LogP contribution >= 0.6 is 0 Å². The first-order valence-corrected chi connectivity index (χ1v) is 8.52.